The van der Waals surface area contributed by atoms with Gasteiger partial charge in [-0.25, -0.2) is 4.98 Å². The van der Waals surface area contributed by atoms with Crippen LogP contribution in [-0.2, 0) is 6.54 Å². The van der Waals surface area contributed by atoms with E-state index in [1.54, 1.807) is 17.0 Å². The molecule has 4 heteroatoms. The molecule has 0 saturated heterocycles. The molecule has 76 valence electrons. The van der Waals surface area contributed by atoms with E-state index >= 15 is 0 Å². The average molecular weight is 193 g/mol. The maximum atomic E-state index is 11.7. The fraction of sp³-hybridized carbons (Fsp3) is 0.600. The highest BCUT2D eigenvalue weighted by Crippen LogP contribution is 2.31. The molecule has 0 aromatic carbocycles. The fourth-order valence-electron chi connectivity index (χ4n) is 1.49. The first-order chi connectivity index (χ1) is 6.72. The largest absolute Gasteiger partial charge is 0.362 e. The molecule has 1 N–H and O–H groups in total. The molecule has 14 heavy (non-hydrogen) atoms. The summed E-state index contributed by atoms with van der Waals surface area (Å²) in [4.78, 5) is 15.8. The van der Waals surface area contributed by atoms with Crippen molar-refractivity contribution in [3.63, 3.8) is 0 Å². The third-order valence-corrected chi connectivity index (χ3v) is 2.69. The number of aromatic nitrogens is 2. The predicted molar refractivity (Wildman–Crippen MR) is 55.4 cm³/mol. The summed E-state index contributed by atoms with van der Waals surface area (Å²) in [6.07, 6.45) is 4.52. The topological polar surface area (TPSA) is 46.9 Å². The highest BCUT2D eigenvalue weighted by Gasteiger charge is 2.33. The number of nitrogens with one attached hydrogen (secondary N) is 1. The van der Waals surface area contributed by atoms with Crippen LogP contribution >= 0.6 is 0 Å². The van der Waals surface area contributed by atoms with Crippen LogP contribution in [0.25, 0.3) is 0 Å². The van der Waals surface area contributed by atoms with Gasteiger partial charge in [0.15, 0.2) is 5.82 Å². The van der Waals surface area contributed by atoms with E-state index in [1.807, 2.05) is 6.92 Å². The number of nitrogens with zero attached hydrogens (tertiary/aromatic N) is 2. The van der Waals surface area contributed by atoms with Gasteiger partial charge in [0.1, 0.15) is 0 Å². The molecule has 0 amide bonds. The molecular formula is C10H15N3O. The Hall–Kier alpha value is -1.32. The first kappa shape index (κ1) is 9.24. The van der Waals surface area contributed by atoms with Gasteiger partial charge in [-0.2, -0.15) is 0 Å². The van der Waals surface area contributed by atoms with Gasteiger partial charge in [0, 0.05) is 25.0 Å². The normalized spacial score (nSPS) is 24.7. The van der Waals surface area contributed by atoms with Crippen molar-refractivity contribution in [2.45, 2.75) is 32.9 Å². The first-order valence-electron chi connectivity index (χ1n) is 5.04. The van der Waals surface area contributed by atoms with Crippen LogP contribution in [0.4, 0.5) is 5.82 Å². The lowest BCUT2D eigenvalue weighted by atomic mass is 10.4. The predicted octanol–water partition coefficient (Wildman–Crippen LogP) is 1.08. The van der Waals surface area contributed by atoms with E-state index in [4.69, 9.17) is 0 Å². The zero-order valence-electron chi connectivity index (χ0n) is 8.53. The lowest BCUT2D eigenvalue weighted by Gasteiger charge is -2.05. The van der Waals surface area contributed by atoms with E-state index in [0.717, 1.165) is 6.42 Å². The van der Waals surface area contributed by atoms with Gasteiger partial charge >= 0.3 is 0 Å². The average Bonchev–Trinajstić information content (AvgIpc) is 2.86. The van der Waals surface area contributed by atoms with Crippen molar-refractivity contribution in [3.05, 3.63) is 22.7 Å². The lowest BCUT2D eigenvalue weighted by molar-refractivity contribution is 0.717. The van der Waals surface area contributed by atoms with Crippen molar-refractivity contribution in [2.24, 2.45) is 5.92 Å². The number of anilines is 1. The Morgan fingerprint density at radius 3 is 3.00 bits per heavy atom. The molecule has 4 nitrogen and oxygen atoms in total. The molecule has 1 aliphatic rings. The summed E-state index contributed by atoms with van der Waals surface area (Å²) in [5.41, 5.74) is -0.0194. The molecule has 1 heterocycles. The summed E-state index contributed by atoms with van der Waals surface area (Å²) in [5.74, 6) is 1.16. The number of aryl methyl sites for hydroxylation is 1. The molecule has 1 aromatic rings. The van der Waals surface area contributed by atoms with Crippen molar-refractivity contribution >= 4 is 5.82 Å². The SMILES string of the molecule is CCn1ccnc(NC2CC2C)c1=O. The molecule has 0 radical (unpaired) electrons. The fourth-order valence-corrected chi connectivity index (χ4v) is 1.49. The number of rotatable bonds is 3. The summed E-state index contributed by atoms with van der Waals surface area (Å²) < 4.78 is 1.66. The Morgan fingerprint density at radius 1 is 1.71 bits per heavy atom. The van der Waals surface area contributed by atoms with Crippen molar-refractivity contribution < 1.29 is 0 Å². The molecule has 1 aromatic heterocycles. The van der Waals surface area contributed by atoms with E-state index < -0.39 is 0 Å². The van der Waals surface area contributed by atoms with Gasteiger partial charge in [0.25, 0.3) is 5.56 Å². The maximum absolute atomic E-state index is 11.7. The summed E-state index contributed by atoms with van der Waals surface area (Å²) in [7, 11) is 0. The van der Waals surface area contributed by atoms with Gasteiger partial charge in [-0.15, -0.1) is 0 Å². The molecular weight excluding hydrogens is 178 g/mol. The van der Waals surface area contributed by atoms with E-state index in [9.17, 15) is 4.79 Å². The Labute approximate surface area is 83.0 Å². The van der Waals surface area contributed by atoms with Gasteiger partial charge in [-0.3, -0.25) is 4.79 Å². The molecule has 1 saturated carbocycles. The summed E-state index contributed by atoms with van der Waals surface area (Å²) >= 11 is 0. The Bertz CT molecular complexity index is 385. The molecule has 1 fully saturated rings. The molecule has 2 unspecified atom stereocenters. The van der Waals surface area contributed by atoms with Crippen molar-refractivity contribution in [1.29, 1.82) is 0 Å². The van der Waals surface area contributed by atoms with Crippen molar-refractivity contribution in [2.75, 3.05) is 5.32 Å². The van der Waals surface area contributed by atoms with Crippen molar-refractivity contribution in [3.8, 4) is 0 Å². The second-order valence-electron chi connectivity index (χ2n) is 3.83. The summed E-state index contributed by atoms with van der Waals surface area (Å²) in [6, 6.07) is 0.447. The lowest BCUT2D eigenvalue weighted by Crippen LogP contribution is -2.24. The van der Waals surface area contributed by atoms with Gasteiger partial charge < -0.3 is 9.88 Å². The summed E-state index contributed by atoms with van der Waals surface area (Å²) in [5, 5.41) is 3.16. The second kappa shape index (κ2) is 3.44. The monoisotopic (exact) mass is 193 g/mol. The van der Waals surface area contributed by atoms with Crippen LogP contribution in [0.3, 0.4) is 0 Å². The van der Waals surface area contributed by atoms with Gasteiger partial charge in [-0.1, -0.05) is 6.92 Å². The molecule has 0 spiro atoms. The van der Waals surface area contributed by atoms with E-state index in [2.05, 4.69) is 17.2 Å². The quantitative estimate of drug-likeness (QED) is 0.781. The molecule has 0 bridgehead atoms. The Kier molecular flexibility index (Phi) is 2.27. The zero-order valence-corrected chi connectivity index (χ0v) is 8.53. The third-order valence-electron chi connectivity index (χ3n) is 2.69. The minimum atomic E-state index is -0.0194. The molecule has 2 rings (SSSR count). The maximum Gasteiger partial charge on any atom is 0.293 e. The molecule has 0 aliphatic heterocycles. The summed E-state index contributed by atoms with van der Waals surface area (Å²) in [6.45, 7) is 4.81. The second-order valence-corrected chi connectivity index (χ2v) is 3.83. The third kappa shape index (κ3) is 1.64. The van der Waals surface area contributed by atoms with Gasteiger partial charge in [0.05, 0.1) is 0 Å². The van der Waals surface area contributed by atoms with E-state index in [-0.39, 0.29) is 5.56 Å². The smallest absolute Gasteiger partial charge is 0.293 e. The van der Waals surface area contributed by atoms with E-state index in [0.29, 0.717) is 24.3 Å². The highest BCUT2D eigenvalue weighted by molar-refractivity contribution is 5.34. The first-order valence-corrected chi connectivity index (χ1v) is 5.04. The van der Waals surface area contributed by atoms with Crippen LogP contribution in [0.5, 0.6) is 0 Å². The minimum Gasteiger partial charge on any atom is -0.362 e. The highest BCUT2D eigenvalue weighted by atomic mass is 16.1. The minimum absolute atomic E-state index is 0.0194. The van der Waals surface area contributed by atoms with Crippen LogP contribution in [-0.4, -0.2) is 15.6 Å². The molecule has 2 atom stereocenters. The number of hydrogen-bond acceptors (Lipinski definition) is 3. The Balaban J connectivity index is 2.21. The van der Waals surface area contributed by atoms with Crippen molar-refractivity contribution in [1.82, 2.24) is 9.55 Å². The van der Waals surface area contributed by atoms with Gasteiger partial charge in [0.2, 0.25) is 0 Å². The van der Waals surface area contributed by atoms with Gasteiger partial charge in [-0.05, 0) is 19.3 Å². The molecule has 1 aliphatic carbocycles. The van der Waals surface area contributed by atoms with Crippen LogP contribution in [0.15, 0.2) is 17.2 Å². The van der Waals surface area contributed by atoms with Crippen LogP contribution in [0.1, 0.15) is 20.3 Å². The number of hydrogen-bond donors (Lipinski definition) is 1. The van der Waals surface area contributed by atoms with E-state index in [1.165, 1.54) is 0 Å². The van der Waals surface area contributed by atoms with Crippen LogP contribution in [0, 0.1) is 5.92 Å². The van der Waals surface area contributed by atoms with Crippen LogP contribution in [0.2, 0.25) is 0 Å². The van der Waals surface area contributed by atoms with Crippen LogP contribution < -0.4 is 10.9 Å². The standard InChI is InChI=1S/C10H15N3O/c1-3-13-5-4-11-9(10(13)14)12-8-6-7(8)2/h4-5,7-8H,3,6H2,1-2H3,(H,11,12). The Morgan fingerprint density at radius 2 is 2.43 bits per heavy atom. The zero-order chi connectivity index (χ0) is 10.1.